The summed E-state index contributed by atoms with van der Waals surface area (Å²) in [6, 6.07) is 4.38. The topological polar surface area (TPSA) is 0 Å². The first kappa shape index (κ1) is 12.2. The molecule has 13 heavy (non-hydrogen) atoms. The third-order valence-electron chi connectivity index (χ3n) is 1.84. The van der Waals surface area contributed by atoms with Crippen LogP contribution >= 0.6 is 61.1 Å². The van der Waals surface area contributed by atoms with E-state index in [2.05, 4.69) is 94.0 Å². The molecule has 0 aliphatic rings. The molecule has 0 amide bonds. The van der Waals surface area contributed by atoms with E-state index in [-0.39, 0.29) is 5.41 Å². The largest absolute Gasteiger partial charge is 0.0563 e. The van der Waals surface area contributed by atoms with Crippen LogP contribution in [0.15, 0.2) is 16.6 Å². The van der Waals surface area contributed by atoms with Gasteiger partial charge in [0.15, 0.2) is 0 Å². The van der Waals surface area contributed by atoms with E-state index in [1.54, 1.807) is 0 Å². The summed E-state index contributed by atoms with van der Waals surface area (Å²) in [7, 11) is 0. The van der Waals surface area contributed by atoms with Crippen molar-refractivity contribution < 1.29 is 0 Å². The van der Waals surface area contributed by atoms with Gasteiger partial charge in [0.25, 0.3) is 0 Å². The Bertz CT molecular complexity index is 326. The molecule has 0 radical (unpaired) electrons. The minimum atomic E-state index is 0.226. The fraction of sp³-hybridized carbons (Fsp3) is 0.400. The molecule has 1 aromatic carbocycles. The Labute approximate surface area is 115 Å². The van der Waals surface area contributed by atoms with Crippen molar-refractivity contribution in [2.24, 2.45) is 0 Å². The zero-order valence-electron chi connectivity index (χ0n) is 7.79. The highest BCUT2D eigenvalue weighted by Crippen LogP contribution is 2.34. The van der Waals surface area contributed by atoms with Crippen molar-refractivity contribution >= 4 is 61.1 Å². The van der Waals surface area contributed by atoms with Crippen molar-refractivity contribution in [3.05, 3.63) is 29.3 Å². The second-order valence-electron chi connectivity index (χ2n) is 3.97. The normalized spacial score (nSPS) is 11.8. The van der Waals surface area contributed by atoms with Crippen molar-refractivity contribution in [3.8, 4) is 0 Å². The second-order valence-corrected chi connectivity index (χ2v) is 7.01. The van der Waals surface area contributed by atoms with Gasteiger partial charge in [-0.15, -0.1) is 0 Å². The molecule has 0 aliphatic heterocycles. The van der Waals surface area contributed by atoms with Gasteiger partial charge in [-0.2, -0.15) is 0 Å². The monoisotopic (exact) mass is 464 g/mol. The molecule has 0 saturated heterocycles. The average Bonchev–Trinajstić information content (AvgIpc) is 1.98. The molecule has 3 heteroatoms. The van der Waals surface area contributed by atoms with Crippen LogP contribution in [0, 0.1) is 7.14 Å². The molecule has 0 heterocycles. The number of halogens is 3. The zero-order valence-corrected chi connectivity index (χ0v) is 13.7. The van der Waals surface area contributed by atoms with Crippen molar-refractivity contribution in [1.82, 2.24) is 0 Å². The van der Waals surface area contributed by atoms with Crippen LogP contribution in [0.25, 0.3) is 0 Å². The van der Waals surface area contributed by atoms with Crippen LogP contribution in [0.4, 0.5) is 0 Å². The maximum atomic E-state index is 3.61. The Morgan fingerprint density at radius 1 is 1.15 bits per heavy atom. The molecule has 0 N–H and O–H groups in total. The number of hydrogen-bond acceptors (Lipinski definition) is 0. The molecular weight excluding hydrogens is 454 g/mol. The molecule has 0 aromatic heterocycles. The predicted molar refractivity (Wildman–Crippen MR) is 78.3 cm³/mol. The van der Waals surface area contributed by atoms with E-state index in [4.69, 9.17) is 0 Å². The lowest BCUT2D eigenvalue weighted by Crippen LogP contribution is -2.13. The van der Waals surface area contributed by atoms with Crippen LogP contribution in [0.5, 0.6) is 0 Å². The molecule has 0 saturated carbocycles. The number of hydrogen-bond donors (Lipinski definition) is 0. The van der Waals surface area contributed by atoms with Crippen LogP contribution in [-0.2, 0) is 5.41 Å². The van der Waals surface area contributed by atoms with Crippen molar-refractivity contribution in [2.75, 3.05) is 0 Å². The minimum absolute atomic E-state index is 0.226. The van der Waals surface area contributed by atoms with Crippen LogP contribution in [0.1, 0.15) is 26.3 Å². The molecule has 0 nitrogen and oxygen atoms in total. The quantitative estimate of drug-likeness (QED) is 0.376. The summed E-state index contributed by atoms with van der Waals surface area (Å²) in [4.78, 5) is 0. The molecule has 72 valence electrons. The fourth-order valence-electron chi connectivity index (χ4n) is 1.11. The van der Waals surface area contributed by atoms with Gasteiger partial charge in [-0.1, -0.05) is 26.8 Å². The molecule has 0 atom stereocenters. The summed E-state index contributed by atoms with van der Waals surface area (Å²) >= 11 is 8.35. The van der Waals surface area contributed by atoms with Gasteiger partial charge in [-0.3, -0.25) is 0 Å². The first-order valence-corrected chi connectivity index (χ1v) is 6.93. The highest BCUT2D eigenvalue weighted by molar-refractivity contribution is 14.1. The van der Waals surface area contributed by atoms with Gasteiger partial charge in [-0.05, 0) is 78.2 Å². The number of benzene rings is 1. The van der Waals surface area contributed by atoms with E-state index in [9.17, 15) is 0 Å². The van der Waals surface area contributed by atoms with E-state index < -0.39 is 0 Å². The van der Waals surface area contributed by atoms with Crippen LogP contribution < -0.4 is 0 Å². The molecule has 0 unspecified atom stereocenters. The van der Waals surface area contributed by atoms with E-state index in [0.29, 0.717) is 0 Å². The van der Waals surface area contributed by atoms with Gasteiger partial charge >= 0.3 is 0 Å². The maximum absolute atomic E-state index is 3.61. The molecule has 1 rings (SSSR count). The third-order valence-corrected chi connectivity index (χ3v) is 6.17. The SMILES string of the molecule is CC(C)(C)c1ccc(I)c(Br)c1I. The first-order valence-electron chi connectivity index (χ1n) is 3.98. The summed E-state index contributed by atoms with van der Waals surface area (Å²) in [5.41, 5.74) is 1.63. The molecule has 0 spiro atoms. The average molecular weight is 465 g/mol. The summed E-state index contributed by atoms with van der Waals surface area (Å²) < 4.78 is 3.83. The lowest BCUT2D eigenvalue weighted by atomic mass is 9.87. The van der Waals surface area contributed by atoms with Gasteiger partial charge in [0.1, 0.15) is 0 Å². The molecule has 0 bridgehead atoms. The third kappa shape index (κ3) is 2.81. The summed E-state index contributed by atoms with van der Waals surface area (Å²) in [6.45, 7) is 6.72. The zero-order chi connectivity index (χ0) is 10.2. The van der Waals surface area contributed by atoms with Gasteiger partial charge in [0, 0.05) is 11.6 Å². The van der Waals surface area contributed by atoms with Gasteiger partial charge in [-0.25, -0.2) is 0 Å². The molecular formula is C10H11BrI2. The fourth-order valence-corrected chi connectivity index (χ4v) is 3.70. The van der Waals surface area contributed by atoms with Gasteiger partial charge < -0.3 is 0 Å². The smallest absolute Gasteiger partial charge is 0.0445 e. The minimum Gasteiger partial charge on any atom is -0.0563 e. The van der Waals surface area contributed by atoms with Crippen molar-refractivity contribution in [3.63, 3.8) is 0 Å². The Morgan fingerprint density at radius 3 is 2.15 bits per heavy atom. The summed E-state index contributed by atoms with van der Waals surface area (Å²) in [5.74, 6) is 0. The Kier molecular flexibility index (Phi) is 4.09. The van der Waals surface area contributed by atoms with Gasteiger partial charge in [0.05, 0.1) is 0 Å². The predicted octanol–water partition coefficient (Wildman–Crippen LogP) is 4.96. The molecule has 1 aromatic rings. The highest BCUT2D eigenvalue weighted by atomic mass is 127. The van der Waals surface area contributed by atoms with Crippen LogP contribution in [0.2, 0.25) is 0 Å². The van der Waals surface area contributed by atoms with Crippen LogP contribution in [0.3, 0.4) is 0 Å². The second kappa shape index (κ2) is 4.35. The Hall–Kier alpha value is 1.16. The number of rotatable bonds is 0. The van der Waals surface area contributed by atoms with E-state index >= 15 is 0 Å². The molecule has 0 aliphatic carbocycles. The van der Waals surface area contributed by atoms with Gasteiger partial charge in [0.2, 0.25) is 0 Å². The summed E-state index contributed by atoms with van der Waals surface area (Å²) in [5, 5.41) is 0. The molecule has 0 fully saturated rings. The lowest BCUT2D eigenvalue weighted by molar-refractivity contribution is 0.586. The highest BCUT2D eigenvalue weighted by Gasteiger charge is 2.19. The first-order chi connectivity index (χ1) is 5.84. The van der Waals surface area contributed by atoms with Crippen LogP contribution in [-0.4, -0.2) is 0 Å². The van der Waals surface area contributed by atoms with Crippen molar-refractivity contribution in [2.45, 2.75) is 26.2 Å². The Morgan fingerprint density at radius 2 is 1.69 bits per heavy atom. The summed E-state index contributed by atoms with van der Waals surface area (Å²) in [6.07, 6.45) is 0. The standard InChI is InChI=1S/C10H11BrI2/c1-10(2,3)6-4-5-7(12)8(11)9(6)13/h4-5H,1-3H3. The van der Waals surface area contributed by atoms with E-state index in [1.165, 1.54) is 17.2 Å². The van der Waals surface area contributed by atoms with Crippen molar-refractivity contribution in [1.29, 1.82) is 0 Å². The lowest BCUT2D eigenvalue weighted by Gasteiger charge is -2.21. The Balaban J connectivity index is 3.35. The van der Waals surface area contributed by atoms with E-state index in [1.807, 2.05) is 0 Å². The van der Waals surface area contributed by atoms with E-state index in [0.717, 1.165) is 0 Å². The maximum Gasteiger partial charge on any atom is 0.0445 e.